The molecule has 112 valence electrons. The number of halogens is 3. The number of nitrogens with zero attached hydrogens (tertiary/aromatic N) is 3. The van der Waals surface area contributed by atoms with E-state index in [0.717, 1.165) is 4.68 Å². The van der Waals surface area contributed by atoms with Crippen molar-refractivity contribution in [3.63, 3.8) is 0 Å². The molecule has 0 aliphatic carbocycles. The zero-order valence-electron chi connectivity index (χ0n) is 10.5. The molecule has 0 aliphatic heterocycles. The Balaban J connectivity index is 2.63. The predicted molar refractivity (Wildman–Crippen MR) is 58.5 cm³/mol. The van der Waals surface area contributed by atoms with Crippen molar-refractivity contribution in [3.05, 3.63) is 21.5 Å². The fourth-order valence-corrected chi connectivity index (χ4v) is 1.47. The van der Waals surface area contributed by atoms with Crippen LogP contribution in [0.5, 0.6) is 0 Å². The Morgan fingerprint density at radius 1 is 1.50 bits per heavy atom. The highest BCUT2D eigenvalue weighted by atomic mass is 19.4. The first-order valence-electron chi connectivity index (χ1n) is 5.27. The second-order valence-electron chi connectivity index (χ2n) is 3.86. The third kappa shape index (κ3) is 4.19. The largest absolute Gasteiger partial charge is 0.414 e. The zero-order chi connectivity index (χ0) is 15.5. The van der Waals surface area contributed by atoms with E-state index in [1.165, 1.54) is 13.8 Å². The number of nitrogens with one attached hydrogen (secondary N) is 1. The van der Waals surface area contributed by atoms with Gasteiger partial charge in [-0.25, -0.2) is 5.48 Å². The monoisotopic (exact) mass is 296 g/mol. The molecule has 0 atom stereocenters. The molecular formula is C9H11F3N4O4. The lowest BCUT2D eigenvalue weighted by Gasteiger charge is -2.08. The quantitative estimate of drug-likeness (QED) is 0.646. The van der Waals surface area contributed by atoms with Crippen molar-refractivity contribution in [3.8, 4) is 0 Å². The van der Waals surface area contributed by atoms with E-state index < -0.39 is 30.2 Å². The van der Waals surface area contributed by atoms with Gasteiger partial charge in [-0.2, -0.15) is 18.3 Å². The van der Waals surface area contributed by atoms with Crippen molar-refractivity contribution in [1.29, 1.82) is 0 Å². The van der Waals surface area contributed by atoms with Crippen LogP contribution in [0.2, 0.25) is 0 Å². The molecular weight excluding hydrogens is 285 g/mol. The number of aryl methyl sites for hydroxylation is 1. The van der Waals surface area contributed by atoms with E-state index in [1.807, 2.05) is 0 Å². The normalized spacial score (nSPS) is 11.4. The summed E-state index contributed by atoms with van der Waals surface area (Å²) in [5.74, 6) is -0.908. The average Bonchev–Trinajstić information content (AvgIpc) is 2.51. The van der Waals surface area contributed by atoms with Gasteiger partial charge >= 0.3 is 11.9 Å². The Morgan fingerprint density at radius 2 is 2.10 bits per heavy atom. The number of hydroxylamine groups is 1. The summed E-state index contributed by atoms with van der Waals surface area (Å²) in [5.41, 5.74) is 1.57. The van der Waals surface area contributed by atoms with Gasteiger partial charge in [-0.3, -0.25) is 24.4 Å². The maximum absolute atomic E-state index is 11.8. The summed E-state index contributed by atoms with van der Waals surface area (Å²) in [7, 11) is 0. The fraction of sp³-hybridized carbons (Fsp3) is 0.556. The van der Waals surface area contributed by atoms with Gasteiger partial charge in [-0.15, -0.1) is 0 Å². The van der Waals surface area contributed by atoms with Gasteiger partial charge in [0.25, 0.3) is 5.91 Å². The first kappa shape index (κ1) is 15.9. The van der Waals surface area contributed by atoms with Crippen LogP contribution in [0.4, 0.5) is 18.9 Å². The van der Waals surface area contributed by atoms with Crippen molar-refractivity contribution in [2.24, 2.45) is 0 Å². The van der Waals surface area contributed by atoms with Crippen molar-refractivity contribution in [2.45, 2.75) is 26.6 Å². The fourth-order valence-electron chi connectivity index (χ4n) is 1.47. The lowest BCUT2D eigenvalue weighted by Crippen LogP contribution is -2.32. The molecule has 1 aromatic rings. The molecule has 0 fully saturated rings. The van der Waals surface area contributed by atoms with E-state index in [1.54, 1.807) is 5.48 Å². The molecule has 1 rings (SSSR count). The van der Waals surface area contributed by atoms with Gasteiger partial charge < -0.3 is 0 Å². The number of hydrogen-bond acceptors (Lipinski definition) is 5. The van der Waals surface area contributed by atoms with Crippen LogP contribution in [-0.2, 0) is 16.2 Å². The van der Waals surface area contributed by atoms with Crippen LogP contribution >= 0.6 is 0 Å². The molecule has 0 aliphatic rings. The summed E-state index contributed by atoms with van der Waals surface area (Å²) in [6, 6.07) is 0. The molecule has 0 spiro atoms. The van der Waals surface area contributed by atoms with Gasteiger partial charge in [0.05, 0.1) is 4.92 Å². The number of rotatable bonds is 5. The van der Waals surface area contributed by atoms with Crippen LogP contribution in [0.3, 0.4) is 0 Å². The van der Waals surface area contributed by atoms with Crippen LogP contribution in [-0.4, -0.2) is 33.4 Å². The minimum Gasteiger partial charge on any atom is -0.271 e. The van der Waals surface area contributed by atoms with Gasteiger partial charge in [-0.1, -0.05) is 0 Å². The Labute approximate surface area is 110 Å². The van der Waals surface area contributed by atoms with E-state index in [-0.39, 0.29) is 17.1 Å². The lowest BCUT2D eigenvalue weighted by molar-refractivity contribution is -0.386. The smallest absolute Gasteiger partial charge is 0.271 e. The third-order valence-electron chi connectivity index (χ3n) is 2.24. The molecule has 1 N–H and O–H groups in total. The highest BCUT2D eigenvalue weighted by Crippen LogP contribution is 2.21. The summed E-state index contributed by atoms with van der Waals surface area (Å²) in [6.07, 6.45) is -4.57. The van der Waals surface area contributed by atoms with Gasteiger partial charge in [0.1, 0.15) is 17.9 Å². The molecule has 0 unspecified atom stereocenters. The molecule has 1 amide bonds. The Morgan fingerprint density at radius 3 is 2.55 bits per heavy atom. The number of nitro groups is 1. The number of carbonyl (C=O) groups is 1. The van der Waals surface area contributed by atoms with E-state index in [9.17, 15) is 28.1 Å². The standard InChI is InChI=1S/C9H11F3N4O4/c1-5-8(16(18)19)6(2)15(13-5)3-7(17)14-20-4-9(10,11)12/h3-4H2,1-2H3,(H,14,17). The van der Waals surface area contributed by atoms with E-state index in [2.05, 4.69) is 9.94 Å². The maximum atomic E-state index is 11.8. The first-order valence-corrected chi connectivity index (χ1v) is 5.27. The Hall–Kier alpha value is -2.17. The highest BCUT2D eigenvalue weighted by molar-refractivity contribution is 5.74. The van der Waals surface area contributed by atoms with Gasteiger partial charge in [0.15, 0.2) is 6.61 Å². The summed E-state index contributed by atoms with van der Waals surface area (Å²) in [5, 5.41) is 14.5. The van der Waals surface area contributed by atoms with Crippen molar-refractivity contribution in [1.82, 2.24) is 15.3 Å². The van der Waals surface area contributed by atoms with Gasteiger partial charge in [-0.05, 0) is 13.8 Å². The molecule has 0 aromatic carbocycles. The molecule has 8 nitrogen and oxygen atoms in total. The first-order chi connectivity index (χ1) is 9.11. The Kier molecular flexibility index (Phi) is 4.65. The number of alkyl halides is 3. The summed E-state index contributed by atoms with van der Waals surface area (Å²) in [6.45, 7) is 0.649. The number of carbonyl (C=O) groups excluding carboxylic acids is 1. The molecule has 1 heterocycles. The summed E-state index contributed by atoms with van der Waals surface area (Å²) >= 11 is 0. The molecule has 0 saturated heterocycles. The van der Waals surface area contributed by atoms with Crippen molar-refractivity contribution < 1.29 is 27.7 Å². The van der Waals surface area contributed by atoms with Gasteiger partial charge in [0, 0.05) is 0 Å². The van der Waals surface area contributed by atoms with Crippen molar-refractivity contribution >= 4 is 11.6 Å². The van der Waals surface area contributed by atoms with E-state index in [0.29, 0.717) is 0 Å². The summed E-state index contributed by atoms with van der Waals surface area (Å²) < 4.78 is 36.3. The second kappa shape index (κ2) is 5.86. The molecule has 1 aromatic heterocycles. The van der Waals surface area contributed by atoms with Crippen LogP contribution < -0.4 is 5.48 Å². The SMILES string of the molecule is Cc1nn(CC(=O)NOCC(F)(F)F)c(C)c1[N+](=O)[O-]. The molecule has 0 bridgehead atoms. The number of amides is 1. The van der Waals surface area contributed by atoms with Crippen molar-refractivity contribution in [2.75, 3.05) is 6.61 Å². The predicted octanol–water partition coefficient (Wildman–Crippen LogP) is 1.02. The topological polar surface area (TPSA) is 99.3 Å². The third-order valence-corrected chi connectivity index (χ3v) is 2.24. The van der Waals surface area contributed by atoms with Crippen LogP contribution in [0, 0.1) is 24.0 Å². The minimum absolute atomic E-state index is 0.108. The zero-order valence-corrected chi connectivity index (χ0v) is 10.5. The van der Waals surface area contributed by atoms with Crippen LogP contribution in [0.1, 0.15) is 11.4 Å². The molecule has 20 heavy (non-hydrogen) atoms. The highest BCUT2D eigenvalue weighted by Gasteiger charge is 2.28. The number of aromatic nitrogens is 2. The van der Waals surface area contributed by atoms with E-state index >= 15 is 0 Å². The van der Waals surface area contributed by atoms with Crippen LogP contribution in [0.15, 0.2) is 0 Å². The lowest BCUT2D eigenvalue weighted by atomic mass is 10.3. The van der Waals surface area contributed by atoms with E-state index in [4.69, 9.17) is 0 Å². The van der Waals surface area contributed by atoms with Crippen LogP contribution in [0.25, 0.3) is 0 Å². The summed E-state index contributed by atoms with van der Waals surface area (Å²) in [4.78, 5) is 25.3. The Bertz CT molecular complexity index is 526. The number of hydrogen-bond donors (Lipinski definition) is 1. The maximum Gasteiger partial charge on any atom is 0.414 e. The average molecular weight is 296 g/mol. The second-order valence-corrected chi connectivity index (χ2v) is 3.86. The minimum atomic E-state index is -4.57. The molecule has 0 saturated carbocycles. The molecule has 0 radical (unpaired) electrons. The molecule has 11 heteroatoms. The van der Waals surface area contributed by atoms with Gasteiger partial charge in [0.2, 0.25) is 0 Å².